The van der Waals surface area contributed by atoms with Gasteiger partial charge >= 0.3 is 6.18 Å². The van der Waals surface area contributed by atoms with Crippen molar-refractivity contribution in [1.29, 1.82) is 0 Å². The lowest BCUT2D eigenvalue weighted by Gasteiger charge is -2.13. The van der Waals surface area contributed by atoms with Gasteiger partial charge < -0.3 is 11.1 Å². The highest BCUT2D eigenvalue weighted by atomic mass is 35.5. The fraction of sp³-hybridized carbons (Fsp3) is 0.417. The van der Waals surface area contributed by atoms with Crippen LogP contribution in [0.1, 0.15) is 25.3 Å². The molecule has 114 valence electrons. The zero-order valence-corrected chi connectivity index (χ0v) is 11.4. The van der Waals surface area contributed by atoms with Crippen LogP contribution in [-0.2, 0) is 11.0 Å². The molecule has 1 aromatic rings. The molecule has 1 amide bonds. The molecule has 1 atom stereocenters. The third kappa shape index (κ3) is 4.97. The van der Waals surface area contributed by atoms with Gasteiger partial charge in [0.15, 0.2) is 0 Å². The lowest BCUT2D eigenvalue weighted by atomic mass is 10.1. The van der Waals surface area contributed by atoms with Crippen molar-refractivity contribution < 1.29 is 22.4 Å². The maximum atomic E-state index is 13.3. The van der Waals surface area contributed by atoms with Crippen molar-refractivity contribution in [3.8, 4) is 0 Å². The van der Waals surface area contributed by atoms with E-state index in [1.54, 1.807) is 6.92 Å². The van der Waals surface area contributed by atoms with Gasteiger partial charge in [0.05, 0.1) is 17.3 Å². The third-order valence-electron chi connectivity index (χ3n) is 2.49. The van der Waals surface area contributed by atoms with Gasteiger partial charge in [0.1, 0.15) is 5.82 Å². The monoisotopic (exact) mass is 314 g/mol. The number of nitrogens with two attached hydrogens (primary N) is 1. The highest BCUT2D eigenvalue weighted by Crippen LogP contribution is 2.31. The van der Waals surface area contributed by atoms with Crippen molar-refractivity contribution in [2.45, 2.75) is 32.0 Å². The standard InChI is InChI=1S/C12H14F4N2O.ClH/c1-2-3-9(17)11(19)18-10-6-7(12(14,15)16)4-5-8(10)13;/h4-6,9H,2-3,17H2,1H3,(H,18,19);1H. The lowest BCUT2D eigenvalue weighted by Crippen LogP contribution is -2.35. The molecule has 0 aromatic heterocycles. The maximum absolute atomic E-state index is 13.3. The Morgan fingerprint density at radius 2 is 2.00 bits per heavy atom. The van der Waals surface area contributed by atoms with E-state index in [0.717, 1.165) is 0 Å². The second-order valence-corrected chi connectivity index (χ2v) is 4.08. The van der Waals surface area contributed by atoms with Crippen molar-refractivity contribution in [1.82, 2.24) is 0 Å². The summed E-state index contributed by atoms with van der Waals surface area (Å²) in [7, 11) is 0. The average Bonchev–Trinajstić information content (AvgIpc) is 2.30. The summed E-state index contributed by atoms with van der Waals surface area (Å²) >= 11 is 0. The number of hydrogen-bond donors (Lipinski definition) is 2. The predicted molar refractivity (Wildman–Crippen MR) is 70.2 cm³/mol. The molecule has 8 heteroatoms. The van der Waals surface area contributed by atoms with Crippen LogP contribution < -0.4 is 11.1 Å². The van der Waals surface area contributed by atoms with E-state index >= 15 is 0 Å². The molecule has 0 aliphatic heterocycles. The fourth-order valence-corrected chi connectivity index (χ4v) is 1.46. The summed E-state index contributed by atoms with van der Waals surface area (Å²) in [6.45, 7) is 1.80. The SMILES string of the molecule is CCCC(N)C(=O)Nc1cc(C(F)(F)F)ccc1F.Cl. The normalized spacial score (nSPS) is 12.5. The summed E-state index contributed by atoms with van der Waals surface area (Å²) in [6.07, 6.45) is -3.59. The summed E-state index contributed by atoms with van der Waals surface area (Å²) in [5, 5.41) is 2.07. The summed E-state index contributed by atoms with van der Waals surface area (Å²) in [5.41, 5.74) is 3.94. The van der Waals surface area contributed by atoms with Crippen molar-refractivity contribution in [3.05, 3.63) is 29.6 Å². The van der Waals surface area contributed by atoms with Crippen molar-refractivity contribution in [2.24, 2.45) is 5.73 Å². The summed E-state index contributed by atoms with van der Waals surface area (Å²) < 4.78 is 50.7. The molecule has 3 N–H and O–H groups in total. The van der Waals surface area contributed by atoms with Crippen LogP contribution in [0, 0.1) is 5.82 Å². The topological polar surface area (TPSA) is 55.1 Å². The lowest BCUT2D eigenvalue weighted by molar-refractivity contribution is -0.137. The Morgan fingerprint density at radius 3 is 2.50 bits per heavy atom. The van der Waals surface area contributed by atoms with Crippen LogP contribution in [0.5, 0.6) is 0 Å². The number of benzene rings is 1. The molecule has 0 spiro atoms. The average molecular weight is 315 g/mol. The van der Waals surface area contributed by atoms with Crippen LogP contribution in [0.3, 0.4) is 0 Å². The predicted octanol–water partition coefficient (Wildman–Crippen LogP) is 3.33. The minimum absolute atomic E-state index is 0. The van der Waals surface area contributed by atoms with Gasteiger partial charge in [-0.25, -0.2) is 4.39 Å². The van der Waals surface area contributed by atoms with Gasteiger partial charge in [0.2, 0.25) is 5.91 Å². The molecule has 0 aliphatic carbocycles. The number of rotatable bonds is 4. The molecule has 1 rings (SSSR count). The highest BCUT2D eigenvalue weighted by molar-refractivity contribution is 5.94. The zero-order valence-electron chi connectivity index (χ0n) is 10.6. The van der Waals surface area contributed by atoms with E-state index in [0.29, 0.717) is 31.0 Å². The Morgan fingerprint density at radius 1 is 1.40 bits per heavy atom. The summed E-state index contributed by atoms with van der Waals surface area (Å²) in [4.78, 5) is 11.5. The molecule has 0 saturated heterocycles. The number of anilines is 1. The number of hydrogen-bond acceptors (Lipinski definition) is 2. The molecule has 0 aliphatic rings. The largest absolute Gasteiger partial charge is 0.416 e. The van der Waals surface area contributed by atoms with Gasteiger partial charge in [0.25, 0.3) is 0 Å². The number of halogens is 5. The van der Waals surface area contributed by atoms with E-state index in [1.165, 1.54) is 0 Å². The minimum atomic E-state index is -4.60. The first kappa shape index (κ1) is 18.7. The van der Waals surface area contributed by atoms with Crippen LogP contribution >= 0.6 is 12.4 Å². The van der Waals surface area contributed by atoms with Gasteiger partial charge in [-0.15, -0.1) is 12.4 Å². The van der Waals surface area contributed by atoms with Crippen molar-refractivity contribution in [3.63, 3.8) is 0 Å². The molecule has 0 saturated carbocycles. The van der Waals surface area contributed by atoms with Crippen molar-refractivity contribution in [2.75, 3.05) is 5.32 Å². The Bertz CT molecular complexity index is 465. The van der Waals surface area contributed by atoms with Gasteiger partial charge in [-0.2, -0.15) is 13.2 Å². The number of nitrogens with one attached hydrogen (secondary N) is 1. The smallest absolute Gasteiger partial charge is 0.322 e. The quantitative estimate of drug-likeness (QED) is 0.838. The van der Waals surface area contributed by atoms with E-state index in [-0.39, 0.29) is 12.4 Å². The Labute approximate surface area is 119 Å². The molecule has 1 unspecified atom stereocenters. The molecule has 0 fully saturated rings. The van der Waals surface area contributed by atoms with E-state index in [4.69, 9.17) is 5.73 Å². The van der Waals surface area contributed by atoms with Crippen LogP contribution in [-0.4, -0.2) is 11.9 Å². The molecule has 0 heterocycles. The van der Waals surface area contributed by atoms with Gasteiger partial charge in [-0.1, -0.05) is 13.3 Å². The van der Waals surface area contributed by atoms with Crippen molar-refractivity contribution >= 4 is 24.0 Å². The fourth-order valence-electron chi connectivity index (χ4n) is 1.46. The molecular formula is C12H15ClF4N2O. The second kappa shape index (κ2) is 7.44. The number of carbonyl (C=O) groups is 1. The minimum Gasteiger partial charge on any atom is -0.322 e. The highest BCUT2D eigenvalue weighted by Gasteiger charge is 2.31. The molecule has 0 bridgehead atoms. The summed E-state index contributed by atoms with van der Waals surface area (Å²) in [6, 6.07) is 0.936. The Balaban J connectivity index is 0.00000361. The van der Waals surface area contributed by atoms with Crippen LogP contribution in [0.4, 0.5) is 23.2 Å². The molecule has 1 aromatic carbocycles. The first-order valence-corrected chi connectivity index (χ1v) is 5.69. The van der Waals surface area contributed by atoms with Gasteiger partial charge in [-0.05, 0) is 24.6 Å². The van der Waals surface area contributed by atoms with E-state index in [2.05, 4.69) is 5.32 Å². The Hall–Kier alpha value is -1.34. The first-order chi connectivity index (χ1) is 8.75. The van der Waals surface area contributed by atoms with E-state index in [1.807, 2.05) is 0 Å². The first-order valence-electron chi connectivity index (χ1n) is 5.69. The Kier molecular flexibility index (Phi) is 6.95. The third-order valence-corrected chi connectivity index (χ3v) is 2.49. The molecular weight excluding hydrogens is 300 g/mol. The van der Waals surface area contributed by atoms with Gasteiger partial charge in [-0.3, -0.25) is 4.79 Å². The van der Waals surface area contributed by atoms with Crippen LogP contribution in [0.2, 0.25) is 0 Å². The number of amides is 1. The second-order valence-electron chi connectivity index (χ2n) is 4.08. The molecule has 3 nitrogen and oxygen atoms in total. The molecule has 20 heavy (non-hydrogen) atoms. The maximum Gasteiger partial charge on any atom is 0.416 e. The number of alkyl halides is 3. The zero-order chi connectivity index (χ0) is 14.6. The molecule has 0 radical (unpaired) electrons. The van der Waals surface area contributed by atoms with Crippen LogP contribution in [0.25, 0.3) is 0 Å². The summed E-state index contributed by atoms with van der Waals surface area (Å²) in [5.74, 6) is -1.65. The number of carbonyl (C=O) groups excluding carboxylic acids is 1. The van der Waals surface area contributed by atoms with Crippen LogP contribution in [0.15, 0.2) is 18.2 Å². The van der Waals surface area contributed by atoms with E-state index < -0.39 is 35.2 Å². The van der Waals surface area contributed by atoms with E-state index in [9.17, 15) is 22.4 Å². The van der Waals surface area contributed by atoms with Gasteiger partial charge in [0, 0.05) is 0 Å².